The molecule has 22 heavy (non-hydrogen) atoms. The number of aliphatic hydroxyl groups excluding tert-OH is 1. The van der Waals surface area contributed by atoms with E-state index in [1.54, 1.807) is 12.1 Å². The first kappa shape index (κ1) is 14.9. The number of amidine groups is 1. The summed E-state index contributed by atoms with van der Waals surface area (Å²) in [6, 6.07) is 5.94. The molecule has 3 N–H and O–H groups in total. The highest BCUT2D eigenvalue weighted by Gasteiger charge is 2.33. The first-order valence-corrected chi connectivity index (χ1v) is 8.82. The molecule has 0 radical (unpaired) electrons. The molecule has 1 amide bonds. The number of sulfonamides is 1. The molecule has 0 saturated heterocycles. The summed E-state index contributed by atoms with van der Waals surface area (Å²) in [5.41, 5.74) is -0.303. The fraction of sp³-hybridized carbons (Fsp3) is 0.231. The molecule has 0 aliphatic carbocycles. The summed E-state index contributed by atoms with van der Waals surface area (Å²) in [5.74, 6) is -1.14. The molecule has 1 atom stereocenters. The van der Waals surface area contributed by atoms with Crippen LogP contribution in [-0.4, -0.2) is 36.4 Å². The molecule has 116 valence electrons. The second-order valence-corrected chi connectivity index (χ2v) is 7.93. The van der Waals surface area contributed by atoms with Gasteiger partial charge in [0.15, 0.2) is 16.6 Å². The van der Waals surface area contributed by atoms with Crippen LogP contribution in [0, 0.1) is 0 Å². The van der Waals surface area contributed by atoms with Gasteiger partial charge in [-0.05, 0) is 12.1 Å². The summed E-state index contributed by atoms with van der Waals surface area (Å²) in [4.78, 5) is 16.3. The normalized spacial score (nSPS) is 22.6. The Hall–Kier alpha value is -2.00. The molecule has 1 unspecified atom stereocenters. The topological polar surface area (TPSA) is 108 Å². The van der Waals surface area contributed by atoms with Crippen molar-refractivity contribution in [2.75, 3.05) is 6.54 Å². The highest BCUT2D eigenvalue weighted by molar-refractivity contribution is 8.14. The summed E-state index contributed by atoms with van der Waals surface area (Å²) >= 11 is 1.38. The summed E-state index contributed by atoms with van der Waals surface area (Å²) in [7, 11) is -3.89. The van der Waals surface area contributed by atoms with Gasteiger partial charge in [0.25, 0.3) is 15.9 Å². The van der Waals surface area contributed by atoms with Crippen LogP contribution in [0.3, 0.4) is 0 Å². The number of carbonyl (C=O) groups is 1. The molecule has 0 fully saturated rings. The maximum Gasteiger partial charge on any atom is 0.278 e. The summed E-state index contributed by atoms with van der Waals surface area (Å²) in [6.07, 6.45) is 0. The van der Waals surface area contributed by atoms with Crippen LogP contribution in [0.2, 0.25) is 0 Å². The summed E-state index contributed by atoms with van der Waals surface area (Å²) < 4.78 is 26.4. The van der Waals surface area contributed by atoms with Crippen molar-refractivity contribution in [2.45, 2.75) is 17.1 Å². The van der Waals surface area contributed by atoms with Crippen molar-refractivity contribution in [3.63, 3.8) is 0 Å². The second kappa shape index (κ2) is 5.33. The number of fused-ring (bicyclic) bond motifs is 1. The smallest absolute Gasteiger partial charge is 0.278 e. The molecule has 3 rings (SSSR count). The van der Waals surface area contributed by atoms with Gasteiger partial charge in [0, 0.05) is 10.8 Å². The Morgan fingerprint density at radius 3 is 2.86 bits per heavy atom. The minimum absolute atomic E-state index is 0.0646. The number of hydrogen-bond acceptors (Lipinski definition) is 6. The molecule has 2 aliphatic rings. The Morgan fingerprint density at radius 1 is 1.45 bits per heavy atom. The van der Waals surface area contributed by atoms with Gasteiger partial charge in [0.2, 0.25) is 0 Å². The minimum atomic E-state index is -3.89. The van der Waals surface area contributed by atoms with Gasteiger partial charge >= 0.3 is 0 Å². The predicted molar refractivity (Wildman–Crippen MR) is 83.8 cm³/mol. The van der Waals surface area contributed by atoms with E-state index in [-0.39, 0.29) is 15.7 Å². The van der Waals surface area contributed by atoms with Gasteiger partial charge in [-0.25, -0.2) is 8.42 Å². The quantitative estimate of drug-likeness (QED) is 0.702. The number of thioether (sulfide) groups is 1. The first-order chi connectivity index (χ1) is 10.4. The Bertz CT molecular complexity index is 814. The van der Waals surface area contributed by atoms with Crippen molar-refractivity contribution in [1.29, 1.82) is 0 Å². The SMILES string of the molecule is CC1CN=C(NC(=O)C2=C(O)c3ccccc3S(=O)(=O)N2)S1. The number of hydrogen-bond donors (Lipinski definition) is 3. The van der Waals surface area contributed by atoms with E-state index in [0.717, 1.165) is 0 Å². The molecule has 0 saturated carbocycles. The molecule has 1 aromatic carbocycles. The van der Waals surface area contributed by atoms with E-state index in [0.29, 0.717) is 11.7 Å². The van der Waals surface area contributed by atoms with Crippen LogP contribution in [-0.2, 0) is 14.8 Å². The minimum Gasteiger partial charge on any atom is -0.505 e. The van der Waals surface area contributed by atoms with Crippen molar-refractivity contribution >= 4 is 38.6 Å². The van der Waals surface area contributed by atoms with Crippen LogP contribution in [0.25, 0.3) is 5.76 Å². The predicted octanol–water partition coefficient (Wildman–Crippen LogP) is 0.813. The van der Waals surface area contributed by atoms with Gasteiger partial charge < -0.3 is 5.11 Å². The third-order valence-electron chi connectivity index (χ3n) is 3.16. The lowest BCUT2D eigenvalue weighted by molar-refractivity contribution is -0.116. The molecule has 2 heterocycles. The molecule has 7 nitrogen and oxygen atoms in total. The first-order valence-electron chi connectivity index (χ1n) is 6.46. The van der Waals surface area contributed by atoms with Crippen molar-refractivity contribution < 1.29 is 18.3 Å². The fourth-order valence-corrected chi connectivity index (χ4v) is 4.24. The highest BCUT2D eigenvalue weighted by atomic mass is 32.2. The van der Waals surface area contributed by atoms with Gasteiger partial charge in [0.05, 0.1) is 11.4 Å². The number of aliphatic hydroxyl groups is 1. The number of amides is 1. The monoisotopic (exact) mass is 339 g/mol. The molecule has 0 aromatic heterocycles. The molecule has 0 spiro atoms. The van der Waals surface area contributed by atoms with Crippen LogP contribution >= 0.6 is 11.8 Å². The molecular weight excluding hydrogens is 326 g/mol. The molecule has 2 aliphatic heterocycles. The average molecular weight is 339 g/mol. The van der Waals surface area contributed by atoms with Crippen LogP contribution < -0.4 is 10.0 Å². The Balaban J connectivity index is 1.95. The third-order valence-corrected chi connectivity index (χ3v) is 5.57. The van der Waals surface area contributed by atoms with E-state index in [9.17, 15) is 18.3 Å². The van der Waals surface area contributed by atoms with Gasteiger partial charge in [0.1, 0.15) is 0 Å². The van der Waals surface area contributed by atoms with Gasteiger partial charge in [-0.3, -0.25) is 19.8 Å². The zero-order valence-electron chi connectivity index (χ0n) is 11.5. The van der Waals surface area contributed by atoms with Crippen molar-refractivity contribution in [1.82, 2.24) is 10.0 Å². The number of nitrogens with one attached hydrogen (secondary N) is 2. The number of benzene rings is 1. The Kier molecular flexibility index (Phi) is 3.61. The van der Waals surface area contributed by atoms with Crippen LogP contribution in [0.4, 0.5) is 0 Å². The van der Waals surface area contributed by atoms with Gasteiger partial charge in [-0.15, -0.1) is 0 Å². The van der Waals surface area contributed by atoms with Crippen molar-refractivity contribution in [3.05, 3.63) is 35.5 Å². The molecular formula is C13H13N3O4S2. The fourth-order valence-electron chi connectivity index (χ4n) is 2.13. The lowest BCUT2D eigenvalue weighted by Crippen LogP contribution is -2.39. The van der Waals surface area contributed by atoms with E-state index in [1.165, 1.54) is 23.9 Å². The van der Waals surface area contributed by atoms with Crippen LogP contribution in [0.15, 0.2) is 39.9 Å². The van der Waals surface area contributed by atoms with E-state index in [2.05, 4.69) is 15.0 Å². The number of aliphatic imine (C=N–C) groups is 1. The molecule has 0 bridgehead atoms. The Morgan fingerprint density at radius 2 is 2.18 bits per heavy atom. The van der Waals surface area contributed by atoms with E-state index < -0.39 is 27.4 Å². The Labute approximate surface area is 131 Å². The van der Waals surface area contributed by atoms with Crippen molar-refractivity contribution in [3.8, 4) is 0 Å². The number of carbonyl (C=O) groups excluding carboxylic acids is 1. The largest absolute Gasteiger partial charge is 0.505 e. The maximum absolute atomic E-state index is 12.2. The van der Waals surface area contributed by atoms with Gasteiger partial charge in [-0.2, -0.15) is 0 Å². The van der Waals surface area contributed by atoms with Crippen LogP contribution in [0.1, 0.15) is 12.5 Å². The van der Waals surface area contributed by atoms with Crippen molar-refractivity contribution in [2.24, 2.45) is 4.99 Å². The maximum atomic E-state index is 12.2. The lowest BCUT2D eigenvalue weighted by Gasteiger charge is -2.20. The van der Waals surface area contributed by atoms with E-state index in [4.69, 9.17) is 0 Å². The molecule has 9 heteroatoms. The average Bonchev–Trinajstić information content (AvgIpc) is 2.88. The zero-order valence-corrected chi connectivity index (χ0v) is 13.2. The number of nitrogens with zero attached hydrogens (tertiary/aromatic N) is 1. The zero-order chi connectivity index (χ0) is 15.9. The summed E-state index contributed by atoms with van der Waals surface area (Å²) in [6.45, 7) is 2.55. The van der Waals surface area contributed by atoms with E-state index >= 15 is 0 Å². The second-order valence-electron chi connectivity index (χ2n) is 4.85. The lowest BCUT2D eigenvalue weighted by atomic mass is 10.1. The van der Waals surface area contributed by atoms with Gasteiger partial charge in [-0.1, -0.05) is 30.8 Å². The highest BCUT2D eigenvalue weighted by Crippen LogP contribution is 2.29. The third kappa shape index (κ3) is 2.57. The van der Waals surface area contributed by atoms with Crippen LogP contribution in [0.5, 0.6) is 0 Å². The standard InChI is InChI=1S/C13H13N3O4S2/c1-7-6-14-13(21-7)15-12(18)10-11(17)8-4-2-3-5-9(8)22(19,20)16-10/h2-5,7,16-17H,6H2,1H3,(H,14,15,18). The number of rotatable bonds is 1. The summed E-state index contributed by atoms with van der Waals surface area (Å²) in [5, 5.41) is 13.4. The molecule has 1 aromatic rings. The van der Waals surface area contributed by atoms with E-state index in [1.807, 2.05) is 6.92 Å².